The SMILES string of the molecule is COCCN(CCC(N)=S)c1ncnc2c(C)csc12. The van der Waals surface area contributed by atoms with Crippen LogP contribution in [0.15, 0.2) is 11.7 Å². The second-order valence-corrected chi connectivity index (χ2v) is 5.89. The number of hydrogen-bond acceptors (Lipinski definition) is 6. The fourth-order valence-electron chi connectivity index (χ4n) is 1.95. The summed E-state index contributed by atoms with van der Waals surface area (Å²) in [7, 11) is 1.69. The lowest BCUT2D eigenvalue weighted by Crippen LogP contribution is -2.31. The highest BCUT2D eigenvalue weighted by Gasteiger charge is 2.15. The molecule has 0 unspecified atom stereocenters. The van der Waals surface area contributed by atoms with Crippen molar-refractivity contribution in [1.29, 1.82) is 0 Å². The predicted molar refractivity (Wildman–Crippen MR) is 87.6 cm³/mol. The van der Waals surface area contributed by atoms with Gasteiger partial charge in [0.25, 0.3) is 0 Å². The van der Waals surface area contributed by atoms with E-state index in [0.717, 1.165) is 29.1 Å². The van der Waals surface area contributed by atoms with E-state index in [1.165, 1.54) is 5.56 Å². The molecule has 0 aliphatic carbocycles. The van der Waals surface area contributed by atoms with Gasteiger partial charge in [-0.1, -0.05) is 12.2 Å². The lowest BCUT2D eigenvalue weighted by atomic mass is 10.3. The zero-order valence-corrected chi connectivity index (χ0v) is 13.3. The highest BCUT2D eigenvalue weighted by Crippen LogP contribution is 2.30. The molecular formula is C13H18N4OS2. The van der Waals surface area contributed by atoms with Gasteiger partial charge in [0.2, 0.25) is 0 Å². The molecule has 2 rings (SSSR count). The van der Waals surface area contributed by atoms with E-state index in [1.54, 1.807) is 24.8 Å². The fraction of sp³-hybridized carbons (Fsp3) is 0.462. The van der Waals surface area contributed by atoms with Gasteiger partial charge in [0.05, 0.1) is 21.8 Å². The van der Waals surface area contributed by atoms with Crippen molar-refractivity contribution in [3.05, 3.63) is 17.3 Å². The average Bonchev–Trinajstić information content (AvgIpc) is 2.81. The minimum absolute atomic E-state index is 0.514. The second kappa shape index (κ2) is 6.92. The summed E-state index contributed by atoms with van der Waals surface area (Å²) in [5.41, 5.74) is 7.80. The number of anilines is 1. The largest absolute Gasteiger partial charge is 0.393 e. The molecule has 2 aromatic heterocycles. The third-order valence-corrected chi connectivity index (χ3v) is 4.29. The Bertz CT molecular complexity index is 599. The van der Waals surface area contributed by atoms with Crippen LogP contribution >= 0.6 is 23.6 Å². The number of ether oxygens (including phenoxy) is 1. The molecule has 0 amide bonds. The maximum absolute atomic E-state index is 5.61. The summed E-state index contributed by atoms with van der Waals surface area (Å²) in [4.78, 5) is 11.5. The van der Waals surface area contributed by atoms with Gasteiger partial charge in [0.15, 0.2) is 0 Å². The van der Waals surface area contributed by atoms with Crippen molar-refractivity contribution < 1.29 is 4.74 Å². The summed E-state index contributed by atoms with van der Waals surface area (Å²) in [6.07, 6.45) is 2.27. The van der Waals surface area contributed by atoms with Crippen molar-refractivity contribution in [2.24, 2.45) is 5.73 Å². The van der Waals surface area contributed by atoms with Gasteiger partial charge in [0, 0.05) is 26.6 Å². The predicted octanol–water partition coefficient (Wildman–Crippen LogP) is 2.13. The quantitative estimate of drug-likeness (QED) is 0.790. The maximum Gasteiger partial charge on any atom is 0.150 e. The van der Waals surface area contributed by atoms with Crippen molar-refractivity contribution in [2.45, 2.75) is 13.3 Å². The number of aryl methyl sites for hydroxylation is 1. The van der Waals surface area contributed by atoms with E-state index in [1.807, 2.05) is 0 Å². The van der Waals surface area contributed by atoms with Crippen molar-refractivity contribution in [3.63, 3.8) is 0 Å². The number of methoxy groups -OCH3 is 1. The first-order valence-corrected chi connectivity index (χ1v) is 7.63. The van der Waals surface area contributed by atoms with E-state index in [9.17, 15) is 0 Å². The zero-order chi connectivity index (χ0) is 14.5. The van der Waals surface area contributed by atoms with E-state index in [2.05, 4.69) is 27.2 Å². The standard InChI is InChI=1S/C13H18N4OS2/c1-9-7-20-12-11(9)15-8-16-13(12)17(5-6-18-2)4-3-10(14)19/h7-8H,3-6H2,1-2H3,(H2,14,19). The lowest BCUT2D eigenvalue weighted by Gasteiger charge is -2.23. The molecule has 0 saturated carbocycles. The number of thiophene rings is 1. The Morgan fingerprint density at radius 1 is 1.45 bits per heavy atom. The fourth-order valence-corrected chi connectivity index (χ4v) is 3.06. The van der Waals surface area contributed by atoms with Gasteiger partial charge in [-0.25, -0.2) is 9.97 Å². The molecular weight excluding hydrogens is 292 g/mol. The topological polar surface area (TPSA) is 64.3 Å². The van der Waals surface area contributed by atoms with Gasteiger partial charge in [-0.15, -0.1) is 11.3 Å². The van der Waals surface area contributed by atoms with Crippen molar-refractivity contribution >= 4 is 44.6 Å². The van der Waals surface area contributed by atoms with Crippen molar-refractivity contribution in [3.8, 4) is 0 Å². The minimum Gasteiger partial charge on any atom is -0.393 e. The molecule has 2 aromatic rings. The first-order valence-electron chi connectivity index (χ1n) is 6.34. The molecule has 108 valence electrons. The molecule has 2 heterocycles. The molecule has 0 radical (unpaired) electrons. The summed E-state index contributed by atoms with van der Waals surface area (Å²) in [6.45, 7) is 4.18. The van der Waals surface area contributed by atoms with Gasteiger partial charge in [-0.05, 0) is 17.9 Å². The average molecular weight is 310 g/mol. The van der Waals surface area contributed by atoms with E-state index >= 15 is 0 Å². The second-order valence-electron chi connectivity index (χ2n) is 4.49. The van der Waals surface area contributed by atoms with Gasteiger partial charge < -0.3 is 15.4 Å². The Balaban J connectivity index is 2.31. The van der Waals surface area contributed by atoms with Gasteiger partial charge >= 0.3 is 0 Å². The number of rotatable bonds is 7. The molecule has 0 aliphatic rings. The monoisotopic (exact) mass is 310 g/mol. The summed E-state index contributed by atoms with van der Waals surface area (Å²) in [5.74, 6) is 0.932. The Hall–Kier alpha value is -1.31. The molecule has 2 N–H and O–H groups in total. The van der Waals surface area contributed by atoms with E-state index in [0.29, 0.717) is 18.0 Å². The van der Waals surface area contributed by atoms with Crippen LogP contribution in [0.4, 0.5) is 5.82 Å². The van der Waals surface area contributed by atoms with E-state index in [4.69, 9.17) is 22.7 Å². The molecule has 0 atom stereocenters. The molecule has 20 heavy (non-hydrogen) atoms. The third-order valence-electron chi connectivity index (χ3n) is 3.01. The number of nitrogens with two attached hydrogens (primary N) is 1. The molecule has 0 aliphatic heterocycles. The number of fused-ring (bicyclic) bond motifs is 1. The highest BCUT2D eigenvalue weighted by molar-refractivity contribution is 7.80. The first kappa shape index (κ1) is 15.1. The van der Waals surface area contributed by atoms with Gasteiger partial charge in [-0.2, -0.15) is 0 Å². The molecule has 5 nitrogen and oxygen atoms in total. The molecule has 0 spiro atoms. The normalized spacial score (nSPS) is 10.9. The van der Waals surface area contributed by atoms with E-state index < -0.39 is 0 Å². The molecule has 0 bridgehead atoms. The van der Waals surface area contributed by atoms with E-state index in [-0.39, 0.29) is 0 Å². The highest BCUT2D eigenvalue weighted by atomic mass is 32.1. The maximum atomic E-state index is 5.61. The van der Waals surface area contributed by atoms with Crippen LogP contribution in [0, 0.1) is 6.92 Å². The minimum atomic E-state index is 0.514. The number of hydrogen-bond donors (Lipinski definition) is 1. The summed E-state index contributed by atoms with van der Waals surface area (Å²) < 4.78 is 6.27. The summed E-state index contributed by atoms with van der Waals surface area (Å²) in [5, 5.41) is 2.10. The van der Waals surface area contributed by atoms with Crippen LogP contribution in [0.25, 0.3) is 10.2 Å². The Morgan fingerprint density at radius 2 is 2.25 bits per heavy atom. The van der Waals surface area contributed by atoms with Crippen LogP contribution in [-0.2, 0) is 4.74 Å². The number of nitrogens with zero attached hydrogens (tertiary/aromatic N) is 3. The number of aromatic nitrogens is 2. The molecule has 0 aromatic carbocycles. The van der Waals surface area contributed by atoms with Gasteiger partial charge in [-0.3, -0.25) is 0 Å². The van der Waals surface area contributed by atoms with Crippen LogP contribution in [-0.4, -0.2) is 41.8 Å². The summed E-state index contributed by atoms with van der Waals surface area (Å²) >= 11 is 6.63. The van der Waals surface area contributed by atoms with Gasteiger partial charge in [0.1, 0.15) is 12.1 Å². The smallest absolute Gasteiger partial charge is 0.150 e. The van der Waals surface area contributed by atoms with Crippen LogP contribution < -0.4 is 10.6 Å². The summed E-state index contributed by atoms with van der Waals surface area (Å²) in [6, 6.07) is 0. The Morgan fingerprint density at radius 3 is 2.95 bits per heavy atom. The first-order chi connectivity index (χ1) is 9.63. The molecule has 7 heteroatoms. The molecule has 0 saturated heterocycles. The van der Waals surface area contributed by atoms with Crippen LogP contribution in [0.1, 0.15) is 12.0 Å². The Labute approximate surface area is 127 Å². The van der Waals surface area contributed by atoms with Crippen molar-refractivity contribution in [1.82, 2.24) is 9.97 Å². The van der Waals surface area contributed by atoms with Crippen LogP contribution in [0.3, 0.4) is 0 Å². The number of thiocarbonyl (C=S) groups is 1. The van der Waals surface area contributed by atoms with Crippen LogP contribution in [0.2, 0.25) is 0 Å². The third kappa shape index (κ3) is 3.41. The Kier molecular flexibility index (Phi) is 5.22. The van der Waals surface area contributed by atoms with Crippen molar-refractivity contribution in [2.75, 3.05) is 31.7 Å². The zero-order valence-electron chi connectivity index (χ0n) is 11.6. The van der Waals surface area contributed by atoms with Crippen LogP contribution in [0.5, 0.6) is 0 Å². The lowest BCUT2D eigenvalue weighted by molar-refractivity contribution is 0.205. The molecule has 0 fully saturated rings.